The molecule has 0 aliphatic carbocycles. The molecule has 0 radical (unpaired) electrons. The van der Waals surface area contributed by atoms with Crippen LogP contribution in [0.3, 0.4) is 0 Å². The Morgan fingerprint density at radius 3 is 2.15 bits per heavy atom. The lowest BCUT2D eigenvalue weighted by Gasteiger charge is -2.15. The van der Waals surface area contributed by atoms with Crippen molar-refractivity contribution in [3.63, 3.8) is 0 Å². The number of aliphatic hydroxyl groups excluding tert-OH is 1. The highest BCUT2D eigenvalue weighted by molar-refractivity contribution is 5.33. The Labute approximate surface area is 122 Å². The fourth-order valence-corrected chi connectivity index (χ4v) is 2.57. The molecule has 1 nitrogen and oxygen atoms in total. The minimum absolute atomic E-state index is 0.430. The summed E-state index contributed by atoms with van der Waals surface area (Å²) in [7, 11) is 0. The molecule has 0 saturated carbocycles. The molecule has 1 unspecified atom stereocenters. The van der Waals surface area contributed by atoms with Gasteiger partial charge in [0.1, 0.15) is 0 Å². The number of rotatable bonds is 4. The topological polar surface area (TPSA) is 20.2 Å². The highest BCUT2D eigenvalue weighted by atomic mass is 16.3. The normalized spacial score (nSPS) is 12.7. The van der Waals surface area contributed by atoms with E-state index in [4.69, 9.17) is 0 Å². The first-order chi connectivity index (χ1) is 9.47. The third kappa shape index (κ3) is 3.49. The molecule has 2 aromatic carbocycles. The fraction of sp³-hybridized carbons (Fsp3) is 0.368. The van der Waals surface area contributed by atoms with Crippen LogP contribution >= 0.6 is 0 Å². The number of aliphatic hydroxyl groups is 1. The Kier molecular flexibility index (Phi) is 4.61. The molecule has 0 aliphatic heterocycles. The van der Waals surface area contributed by atoms with Gasteiger partial charge in [0, 0.05) is 6.42 Å². The van der Waals surface area contributed by atoms with E-state index in [1.54, 1.807) is 0 Å². The van der Waals surface area contributed by atoms with Crippen LogP contribution in [0.15, 0.2) is 42.5 Å². The maximum absolute atomic E-state index is 10.4. The second-order valence-electron chi connectivity index (χ2n) is 5.98. The van der Waals surface area contributed by atoms with Crippen LogP contribution in [0.1, 0.15) is 53.7 Å². The molecule has 106 valence electrons. The quantitative estimate of drug-likeness (QED) is 0.852. The van der Waals surface area contributed by atoms with Gasteiger partial charge in [0.25, 0.3) is 0 Å². The zero-order valence-corrected chi connectivity index (χ0v) is 12.9. The van der Waals surface area contributed by atoms with Crippen molar-refractivity contribution in [2.24, 2.45) is 0 Å². The fourth-order valence-electron chi connectivity index (χ4n) is 2.57. The van der Waals surface area contributed by atoms with Crippen molar-refractivity contribution in [2.75, 3.05) is 0 Å². The molecule has 0 saturated heterocycles. The van der Waals surface area contributed by atoms with Gasteiger partial charge in [-0.25, -0.2) is 0 Å². The SMILES string of the molecule is Cc1ccc(C(O)Cc2ccc(C(C)C)cc2)c(C)c1. The summed E-state index contributed by atoms with van der Waals surface area (Å²) >= 11 is 0. The van der Waals surface area contributed by atoms with Crippen molar-refractivity contribution in [3.05, 3.63) is 70.3 Å². The summed E-state index contributed by atoms with van der Waals surface area (Å²) in [5, 5.41) is 10.4. The van der Waals surface area contributed by atoms with Gasteiger partial charge in [-0.15, -0.1) is 0 Å². The van der Waals surface area contributed by atoms with Gasteiger partial charge < -0.3 is 5.11 Å². The van der Waals surface area contributed by atoms with E-state index in [-0.39, 0.29) is 0 Å². The average molecular weight is 268 g/mol. The van der Waals surface area contributed by atoms with Gasteiger partial charge >= 0.3 is 0 Å². The molecule has 0 aliphatic rings. The van der Waals surface area contributed by atoms with Crippen molar-refractivity contribution in [3.8, 4) is 0 Å². The van der Waals surface area contributed by atoms with Crippen molar-refractivity contribution < 1.29 is 5.11 Å². The minimum Gasteiger partial charge on any atom is -0.388 e. The van der Waals surface area contributed by atoms with Gasteiger partial charge in [-0.1, -0.05) is 61.9 Å². The minimum atomic E-state index is -0.430. The summed E-state index contributed by atoms with van der Waals surface area (Å²) in [5.74, 6) is 0.549. The third-order valence-corrected chi connectivity index (χ3v) is 3.86. The van der Waals surface area contributed by atoms with Crippen molar-refractivity contribution in [2.45, 2.75) is 46.1 Å². The summed E-state index contributed by atoms with van der Waals surface area (Å²) in [6, 6.07) is 14.8. The summed E-state index contributed by atoms with van der Waals surface area (Å²) in [4.78, 5) is 0. The first-order valence-electron chi connectivity index (χ1n) is 7.31. The second-order valence-corrected chi connectivity index (χ2v) is 5.98. The predicted molar refractivity (Wildman–Crippen MR) is 85.1 cm³/mol. The first kappa shape index (κ1) is 14.8. The van der Waals surface area contributed by atoms with Crippen LogP contribution in [0.4, 0.5) is 0 Å². The van der Waals surface area contributed by atoms with Crippen LogP contribution in [0, 0.1) is 13.8 Å². The van der Waals surface area contributed by atoms with E-state index >= 15 is 0 Å². The van der Waals surface area contributed by atoms with E-state index in [2.05, 4.69) is 64.1 Å². The summed E-state index contributed by atoms with van der Waals surface area (Å²) in [6.07, 6.45) is 0.239. The van der Waals surface area contributed by atoms with Crippen LogP contribution in [0.25, 0.3) is 0 Å². The van der Waals surface area contributed by atoms with Crippen LogP contribution < -0.4 is 0 Å². The highest BCUT2D eigenvalue weighted by Crippen LogP contribution is 2.23. The summed E-state index contributed by atoms with van der Waals surface area (Å²) in [6.45, 7) is 8.53. The molecule has 0 aromatic heterocycles. The maximum atomic E-state index is 10.4. The van der Waals surface area contributed by atoms with E-state index in [0.29, 0.717) is 12.3 Å². The summed E-state index contributed by atoms with van der Waals surface area (Å²) < 4.78 is 0. The Hall–Kier alpha value is -1.60. The Morgan fingerprint density at radius 1 is 0.950 bits per heavy atom. The van der Waals surface area contributed by atoms with Gasteiger partial charge in [0.2, 0.25) is 0 Å². The smallest absolute Gasteiger partial charge is 0.0832 e. The van der Waals surface area contributed by atoms with Crippen LogP contribution in [-0.2, 0) is 6.42 Å². The molecule has 0 fully saturated rings. The van der Waals surface area contributed by atoms with Crippen molar-refractivity contribution in [1.29, 1.82) is 0 Å². The zero-order valence-electron chi connectivity index (χ0n) is 12.9. The van der Waals surface area contributed by atoms with E-state index in [1.807, 2.05) is 6.07 Å². The molecule has 0 bridgehead atoms. The molecule has 0 spiro atoms. The van der Waals surface area contributed by atoms with Gasteiger partial charge in [0.15, 0.2) is 0 Å². The van der Waals surface area contributed by atoms with Crippen LogP contribution in [0.2, 0.25) is 0 Å². The standard InChI is InChI=1S/C19H24O/c1-13(2)17-8-6-16(7-9-17)12-19(20)18-10-5-14(3)11-15(18)4/h5-11,13,19-20H,12H2,1-4H3. The Bertz CT molecular complexity index is 567. The van der Waals surface area contributed by atoms with Crippen LogP contribution in [-0.4, -0.2) is 5.11 Å². The first-order valence-corrected chi connectivity index (χ1v) is 7.31. The monoisotopic (exact) mass is 268 g/mol. The lowest BCUT2D eigenvalue weighted by atomic mass is 9.95. The van der Waals surface area contributed by atoms with E-state index in [9.17, 15) is 5.11 Å². The van der Waals surface area contributed by atoms with Gasteiger partial charge in [-0.3, -0.25) is 0 Å². The molecule has 1 atom stereocenters. The Balaban J connectivity index is 2.12. The molecule has 1 heteroatoms. The predicted octanol–water partition coefficient (Wildman–Crippen LogP) is 4.70. The molecule has 0 heterocycles. The second kappa shape index (κ2) is 6.23. The van der Waals surface area contributed by atoms with E-state index in [0.717, 1.165) is 11.1 Å². The molecular weight excluding hydrogens is 244 g/mol. The lowest BCUT2D eigenvalue weighted by Crippen LogP contribution is -2.04. The summed E-state index contributed by atoms with van der Waals surface area (Å²) in [5.41, 5.74) is 5.95. The number of hydrogen-bond acceptors (Lipinski definition) is 1. The van der Waals surface area contributed by atoms with Crippen molar-refractivity contribution in [1.82, 2.24) is 0 Å². The highest BCUT2D eigenvalue weighted by Gasteiger charge is 2.11. The van der Waals surface area contributed by atoms with Gasteiger partial charge in [-0.2, -0.15) is 0 Å². The number of aryl methyl sites for hydroxylation is 2. The van der Waals surface area contributed by atoms with Crippen LogP contribution in [0.5, 0.6) is 0 Å². The van der Waals surface area contributed by atoms with Gasteiger partial charge in [-0.05, 0) is 42.0 Å². The Morgan fingerprint density at radius 2 is 1.60 bits per heavy atom. The third-order valence-electron chi connectivity index (χ3n) is 3.86. The molecule has 20 heavy (non-hydrogen) atoms. The largest absolute Gasteiger partial charge is 0.388 e. The molecule has 2 rings (SSSR count). The number of hydrogen-bond donors (Lipinski definition) is 1. The molecule has 2 aromatic rings. The lowest BCUT2D eigenvalue weighted by molar-refractivity contribution is 0.177. The zero-order chi connectivity index (χ0) is 14.7. The maximum Gasteiger partial charge on any atom is 0.0832 e. The van der Waals surface area contributed by atoms with E-state index in [1.165, 1.54) is 16.7 Å². The van der Waals surface area contributed by atoms with Gasteiger partial charge in [0.05, 0.1) is 6.10 Å². The molecule has 0 amide bonds. The van der Waals surface area contributed by atoms with Crippen molar-refractivity contribution >= 4 is 0 Å². The average Bonchev–Trinajstić information content (AvgIpc) is 2.39. The van der Waals surface area contributed by atoms with E-state index < -0.39 is 6.10 Å². The molecular formula is C19H24O. The number of benzene rings is 2. The molecule has 1 N–H and O–H groups in total.